The molecule has 1 amide bonds. The number of hydrogen-bond donors (Lipinski definition) is 1. The molecule has 0 spiro atoms. The Kier molecular flexibility index (Phi) is 6.68. The second kappa shape index (κ2) is 9.99. The van der Waals surface area contributed by atoms with Crippen LogP contribution in [0.2, 0.25) is 0 Å². The number of nitrogens with zero attached hydrogens (tertiary/aromatic N) is 3. The SMILES string of the molecule is COc1cccc(Cn2c(=O)c(C(=O)NCc3ccccc3)nn(-c3ccc(C)cc3)c2=O)c1. The van der Waals surface area contributed by atoms with Gasteiger partial charge < -0.3 is 10.1 Å². The topological polar surface area (TPSA) is 95.2 Å². The van der Waals surface area contributed by atoms with E-state index in [9.17, 15) is 14.4 Å². The number of nitrogens with one attached hydrogen (secondary N) is 1. The molecule has 8 nitrogen and oxygen atoms in total. The van der Waals surface area contributed by atoms with E-state index in [1.165, 1.54) is 7.11 Å². The van der Waals surface area contributed by atoms with E-state index in [0.717, 1.165) is 20.4 Å². The third kappa shape index (κ3) is 4.96. The van der Waals surface area contributed by atoms with E-state index in [1.807, 2.05) is 49.4 Å². The molecule has 0 aliphatic heterocycles. The first-order chi connectivity index (χ1) is 16.5. The van der Waals surface area contributed by atoms with Crippen LogP contribution in [0.3, 0.4) is 0 Å². The summed E-state index contributed by atoms with van der Waals surface area (Å²) in [6.07, 6.45) is 0. The first kappa shape index (κ1) is 22.7. The Morgan fingerprint density at radius 2 is 1.65 bits per heavy atom. The van der Waals surface area contributed by atoms with Crippen LogP contribution in [-0.2, 0) is 13.1 Å². The minimum absolute atomic E-state index is 0.0395. The van der Waals surface area contributed by atoms with E-state index in [0.29, 0.717) is 17.0 Å². The molecule has 0 atom stereocenters. The van der Waals surface area contributed by atoms with Crippen molar-refractivity contribution in [2.75, 3.05) is 7.11 Å². The molecule has 1 N–H and O–H groups in total. The second-order valence-corrected chi connectivity index (χ2v) is 7.79. The maximum atomic E-state index is 13.3. The van der Waals surface area contributed by atoms with Gasteiger partial charge in [0.15, 0.2) is 0 Å². The number of ether oxygens (including phenoxy) is 1. The van der Waals surface area contributed by atoms with Crippen LogP contribution in [0.4, 0.5) is 0 Å². The van der Waals surface area contributed by atoms with Gasteiger partial charge in [0.25, 0.3) is 11.5 Å². The fourth-order valence-corrected chi connectivity index (χ4v) is 3.47. The van der Waals surface area contributed by atoms with Crippen molar-refractivity contribution in [1.82, 2.24) is 19.7 Å². The van der Waals surface area contributed by atoms with Crippen molar-refractivity contribution in [1.29, 1.82) is 0 Å². The Labute approximate surface area is 196 Å². The van der Waals surface area contributed by atoms with Crippen molar-refractivity contribution >= 4 is 5.91 Å². The number of rotatable bonds is 7. The van der Waals surface area contributed by atoms with Crippen LogP contribution in [0.15, 0.2) is 88.5 Å². The average Bonchev–Trinajstić information content (AvgIpc) is 2.86. The van der Waals surface area contributed by atoms with Gasteiger partial charge in [0.2, 0.25) is 5.69 Å². The third-order valence-corrected chi connectivity index (χ3v) is 5.32. The first-order valence-electron chi connectivity index (χ1n) is 10.7. The van der Waals surface area contributed by atoms with Gasteiger partial charge in [0, 0.05) is 6.54 Å². The summed E-state index contributed by atoms with van der Waals surface area (Å²) in [5, 5.41) is 6.88. The maximum absolute atomic E-state index is 13.3. The smallest absolute Gasteiger partial charge is 0.352 e. The van der Waals surface area contributed by atoms with Gasteiger partial charge in [-0.05, 0) is 42.3 Å². The number of aryl methyl sites for hydroxylation is 1. The van der Waals surface area contributed by atoms with Crippen LogP contribution in [0, 0.1) is 6.92 Å². The van der Waals surface area contributed by atoms with Crippen molar-refractivity contribution in [3.05, 3.63) is 122 Å². The molecule has 0 fully saturated rings. The van der Waals surface area contributed by atoms with Crippen LogP contribution in [0.5, 0.6) is 5.75 Å². The van der Waals surface area contributed by atoms with Crippen LogP contribution >= 0.6 is 0 Å². The molecule has 3 aromatic carbocycles. The molecule has 0 unspecified atom stereocenters. The number of benzene rings is 3. The van der Waals surface area contributed by atoms with E-state index < -0.39 is 17.2 Å². The van der Waals surface area contributed by atoms with E-state index in [1.54, 1.807) is 36.4 Å². The molecule has 8 heteroatoms. The number of hydrogen-bond acceptors (Lipinski definition) is 5. The van der Waals surface area contributed by atoms with E-state index >= 15 is 0 Å². The van der Waals surface area contributed by atoms with Crippen LogP contribution in [0.25, 0.3) is 5.69 Å². The third-order valence-electron chi connectivity index (χ3n) is 5.32. The normalized spacial score (nSPS) is 10.6. The minimum atomic E-state index is -0.762. The predicted octanol–water partition coefficient (Wildman–Crippen LogP) is 2.69. The predicted molar refractivity (Wildman–Crippen MR) is 129 cm³/mol. The highest BCUT2D eigenvalue weighted by molar-refractivity contribution is 5.91. The number of carbonyl (C=O) groups excluding carboxylic acids is 1. The number of carbonyl (C=O) groups is 1. The summed E-state index contributed by atoms with van der Waals surface area (Å²) < 4.78 is 7.34. The molecule has 172 valence electrons. The highest BCUT2D eigenvalue weighted by atomic mass is 16.5. The van der Waals surface area contributed by atoms with Crippen molar-refractivity contribution in [3.63, 3.8) is 0 Å². The lowest BCUT2D eigenvalue weighted by molar-refractivity contribution is 0.0941. The van der Waals surface area contributed by atoms with Gasteiger partial charge in [-0.15, -0.1) is 0 Å². The fourth-order valence-electron chi connectivity index (χ4n) is 3.47. The van der Waals surface area contributed by atoms with Gasteiger partial charge in [-0.25, -0.2) is 4.79 Å². The van der Waals surface area contributed by atoms with E-state index in [4.69, 9.17) is 4.74 Å². The van der Waals surface area contributed by atoms with Crippen LogP contribution in [0.1, 0.15) is 27.2 Å². The highest BCUT2D eigenvalue weighted by Gasteiger charge is 2.20. The van der Waals surface area contributed by atoms with Crippen molar-refractivity contribution in [3.8, 4) is 11.4 Å². The number of aromatic nitrogens is 3. The summed E-state index contributed by atoms with van der Waals surface area (Å²) in [6.45, 7) is 2.11. The summed E-state index contributed by atoms with van der Waals surface area (Å²) in [5.74, 6) is -0.0617. The molecule has 4 aromatic rings. The van der Waals surface area contributed by atoms with Crippen molar-refractivity contribution < 1.29 is 9.53 Å². The molecule has 0 saturated heterocycles. The lowest BCUT2D eigenvalue weighted by Gasteiger charge is -2.13. The van der Waals surface area contributed by atoms with Gasteiger partial charge in [-0.2, -0.15) is 9.78 Å². The van der Waals surface area contributed by atoms with Gasteiger partial charge >= 0.3 is 5.69 Å². The Balaban J connectivity index is 1.78. The van der Waals surface area contributed by atoms with Gasteiger partial charge in [-0.3, -0.25) is 14.2 Å². The zero-order valence-electron chi connectivity index (χ0n) is 18.9. The lowest BCUT2D eigenvalue weighted by Crippen LogP contribution is -2.46. The minimum Gasteiger partial charge on any atom is -0.497 e. The van der Waals surface area contributed by atoms with E-state index in [-0.39, 0.29) is 18.8 Å². The maximum Gasteiger partial charge on any atom is 0.352 e. The zero-order valence-corrected chi connectivity index (χ0v) is 18.9. The molecule has 4 rings (SSSR count). The van der Waals surface area contributed by atoms with Gasteiger partial charge in [0.05, 0.1) is 19.3 Å². The lowest BCUT2D eigenvalue weighted by atomic mass is 10.2. The van der Waals surface area contributed by atoms with E-state index in [2.05, 4.69) is 10.4 Å². The first-order valence-corrected chi connectivity index (χ1v) is 10.7. The Hall–Kier alpha value is -4.46. The summed E-state index contributed by atoms with van der Waals surface area (Å²) in [5.41, 5.74) is 1.24. The zero-order chi connectivity index (χ0) is 24.1. The molecular formula is C26H24N4O4. The highest BCUT2D eigenvalue weighted by Crippen LogP contribution is 2.13. The molecule has 0 aliphatic carbocycles. The molecule has 0 aliphatic rings. The molecule has 1 aromatic heterocycles. The molecule has 0 radical (unpaired) electrons. The quantitative estimate of drug-likeness (QED) is 0.461. The van der Waals surface area contributed by atoms with Crippen molar-refractivity contribution in [2.45, 2.75) is 20.0 Å². The van der Waals surface area contributed by atoms with Gasteiger partial charge in [-0.1, -0.05) is 60.2 Å². The number of methoxy groups -OCH3 is 1. The Morgan fingerprint density at radius 1 is 0.941 bits per heavy atom. The number of amides is 1. The van der Waals surface area contributed by atoms with Crippen molar-refractivity contribution in [2.24, 2.45) is 0 Å². The average molecular weight is 457 g/mol. The summed E-state index contributed by atoms with van der Waals surface area (Å²) >= 11 is 0. The molecule has 0 bridgehead atoms. The van der Waals surface area contributed by atoms with Crippen LogP contribution in [-0.4, -0.2) is 27.4 Å². The molecule has 34 heavy (non-hydrogen) atoms. The molecule has 0 saturated carbocycles. The monoisotopic (exact) mass is 456 g/mol. The standard InChI is InChI=1S/C26H24N4O4/c1-18-11-13-21(14-12-18)30-26(33)29(17-20-9-6-10-22(15-20)34-2)25(32)23(28-30)24(31)27-16-19-7-4-3-5-8-19/h3-15H,16-17H2,1-2H3,(H,27,31). The second-order valence-electron chi connectivity index (χ2n) is 7.79. The molecular weight excluding hydrogens is 432 g/mol. The fraction of sp³-hybridized carbons (Fsp3) is 0.154. The largest absolute Gasteiger partial charge is 0.497 e. The molecule has 1 heterocycles. The Bertz CT molecular complexity index is 1420. The van der Waals surface area contributed by atoms with Crippen LogP contribution < -0.4 is 21.3 Å². The summed E-state index contributed by atoms with van der Waals surface area (Å²) in [6, 6.07) is 23.5. The Morgan fingerprint density at radius 3 is 2.35 bits per heavy atom. The van der Waals surface area contributed by atoms with Gasteiger partial charge in [0.1, 0.15) is 5.75 Å². The summed E-state index contributed by atoms with van der Waals surface area (Å²) in [7, 11) is 1.54. The summed E-state index contributed by atoms with van der Waals surface area (Å²) in [4.78, 5) is 39.5.